The van der Waals surface area contributed by atoms with Crippen molar-refractivity contribution < 1.29 is 30.6 Å². The molecule has 1 amide bonds. The lowest BCUT2D eigenvalue weighted by atomic mass is 9.73. The van der Waals surface area contributed by atoms with Gasteiger partial charge in [-0.05, 0) is 24.7 Å². The van der Waals surface area contributed by atoms with E-state index < -0.39 is 27.3 Å². The summed E-state index contributed by atoms with van der Waals surface area (Å²) in [6, 6.07) is 1.69. The number of hydrogen-bond donors (Lipinski definition) is 0. The molecule has 3 rings (SSSR count). The fraction of sp³-hybridized carbons (Fsp3) is 0.588. The lowest BCUT2D eigenvalue weighted by Gasteiger charge is -2.33. The molecule has 28 heavy (non-hydrogen) atoms. The highest BCUT2D eigenvalue weighted by Gasteiger charge is 2.48. The lowest BCUT2D eigenvalue weighted by Crippen LogP contribution is -2.33. The van der Waals surface area contributed by atoms with Crippen molar-refractivity contribution in [1.82, 2.24) is 4.90 Å². The molecule has 1 heterocycles. The SMILES string of the molecule is O=C(c1c(Cl)cc(OS(=O)(=O)C(F)(F)F)cc1Cl)N1CCC2(CCCCC2)C1. The minimum atomic E-state index is -5.86. The van der Waals surface area contributed by atoms with Crippen molar-refractivity contribution in [3.63, 3.8) is 0 Å². The molecule has 1 saturated heterocycles. The van der Waals surface area contributed by atoms with E-state index in [0.717, 1.165) is 44.2 Å². The lowest BCUT2D eigenvalue weighted by molar-refractivity contribution is -0.0500. The van der Waals surface area contributed by atoms with Crippen LogP contribution >= 0.6 is 23.2 Å². The van der Waals surface area contributed by atoms with Crippen LogP contribution < -0.4 is 4.18 Å². The molecule has 1 aromatic rings. The number of rotatable bonds is 3. The quantitative estimate of drug-likeness (QED) is 0.470. The summed E-state index contributed by atoms with van der Waals surface area (Å²) in [5.74, 6) is -1.14. The summed E-state index contributed by atoms with van der Waals surface area (Å²) in [4.78, 5) is 14.5. The van der Waals surface area contributed by atoms with Gasteiger partial charge in [0.15, 0.2) is 0 Å². The van der Waals surface area contributed by atoms with Gasteiger partial charge in [0.1, 0.15) is 5.75 Å². The average molecular weight is 460 g/mol. The molecular weight excluding hydrogens is 442 g/mol. The van der Waals surface area contributed by atoms with Crippen molar-refractivity contribution >= 4 is 39.2 Å². The molecule has 0 radical (unpaired) electrons. The zero-order valence-corrected chi connectivity index (χ0v) is 17.0. The second kappa shape index (κ2) is 7.57. The van der Waals surface area contributed by atoms with Crippen LogP contribution in [0.25, 0.3) is 0 Å². The fourth-order valence-corrected chi connectivity index (χ4v) is 5.03. The molecule has 0 bridgehead atoms. The maximum absolute atomic E-state index is 12.9. The van der Waals surface area contributed by atoms with Gasteiger partial charge >= 0.3 is 15.6 Å². The van der Waals surface area contributed by atoms with Gasteiger partial charge in [0, 0.05) is 25.2 Å². The van der Waals surface area contributed by atoms with E-state index in [0.29, 0.717) is 13.1 Å². The minimum Gasteiger partial charge on any atom is -0.376 e. The van der Waals surface area contributed by atoms with Gasteiger partial charge in [-0.2, -0.15) is 21.6 Å². The first-order chi connectivity index (χ1) is 12.9. The molecule has 156 valence electrons. The van der Waals surface area contributed by atoms with Crippen LogP contribution in [0.15, 0.2) is 12.1 Å². The van der Waals surface area contributed by atoms with E-state index in [9.17, 15) is 26.4 Å². The second-order valence-corrected chi connectivity index (χ2v) is 9.63. The second-order valence-electron chi connectivity index (χ2n) is 7.28. The van der Waals surface area contributed by atoms with Crippen molar-refractivity contribution in [3.05, 3.63) is 27.7 Å². The average Bonchev–Trinajstić information content (AvgIpc) is 2.97. The van der Waals surface area contributed by atoms with Crippen LogP contribution in [0.4, 0.5) is 13.2 Å². The minimum absolute atomic E-state index is 0.0760. The van der Waals surface area contributed by atoms with Crippen LogP contribution in [-0.4, -0.2) is 37.8 Å². The van der Waals surface area contributed by atoms with Crippen LogP contribution in [0.2, 0.25) is 10.0 Å². The first kappa shape index (κ1) is 21.5. The first-order valence-corrected chi connectivity index (χ1v) is 10.9. The third-order valence-corrected chi connectivity index (χ3v) is 6.93. The Kier molecular flexibility index (Phi) is 5.82. The molecule has 1 spiro atoms. The fourth-order valence-electron chi connectivity index (χ4n) is 3.95. The summed E-state index contributed by atoms with van der Waals surface area (Å²) in [5.41, 5.74) is -5.56. The van der Waals surface area contributed by atoms with E-state index in [1.54, 1.807) is 4.90 Å². The molecule has 1 aliphatic carbocycles. The van der Waals surface area contributed by atoms with Crippen LogP contribution in [0.1, 0.15) is 48.9 Å². The number of carbonyl (C=O) groups excluding carboxylic acids is 1. The zero-order chi connectivity index (χ0) is 20.7. The summed E-state index contributed by atoms with van der Waals surface area (Å²) in [5, 5.41) is -0.538. The Labute approximate surface area is 170 Å². The van der Waals surface area contributed by atoms with Gasteiger partial charge in [-0.25, -0.2) is 0 Å². The van der Waals surface area contributed by atoms with Gasteiger partial charge in [-0.3, -0.25) is 4.79 Å². The highest BCUT2D eigenvalue weighted by Crippen LogP contribution is 2.44. The predicted octanol–water partition coefficient (Wildman–Crippen LogP) is 5.02. The number of amides is 1. The van der Waals surface area contributed by atoms with Crippen molar-refractivity contribution in [2.45, 2.75) is 44.0 Å². The Morgan fingerprint density at radius 3 is 2.18 bits per heavy atom. The third-order valence-electron chi connectivity index (χ3n) is 5.36. The number of alkyl halides is 3. The van der Waals surface area contributed by atoms with Crippen LogP contribution in [-0.2, 0) is 10.1 Å². The molecule has 1 aromatic carbocycles. The highest BCUT2D eigenvalue weighted by molar-refractivity contribution is 7.88. The highest BCUT2D eigenvalue weighted by atomic mass is 35.5. The van der Waals surface area contributed by atoms with E-state index in [2.05, 4.69) is 4.18 Å². The van der Waals surface area contributed by atoms with Crippen molar-refractivity contribution in [2.75, 3.05) is 13.1 Å². The number of halogens is 5. The van der Waals surface area contributed by atoms with Gasteiger partial charge in [0.2, 0.25) is 0 Å². The number of hydrogen-bond acceptors (Lipinski definition) is 4. The van der Waals surface area contributed by atoms with Crippen LogP contribution in [0.5, 0.6) is 5.75 Å². The molecule has 0 atom stereocenters. The molecule has 2 fully saturated rings. The smallest absolute Gasteiger partial charge is 0.376 e. The Morgan fingerprint density at radius 1 is 1.07 bits per heavy atom. The van der Waals surface area contributed by atoms with E-state index in [1.807, 2.05) is 0 Å². The Balaban J connectivity index is 1.81. The molecule has 5 nitrogen and oxygen atoms in total. The maximum Gasteiger partial charge on any atom is 0.534 e. The normalized spacial score (nSPS) is 19.8. The maximum atomic E-state index is 12.9. The Bertz CT molecular complexity index is 860. The molecule has 2 aliphatic rings. The van der Waals surface area contributed by atoms with Crippen LogP contribution in [0, 0.1) is 5.41 Å². The third kappa shape index (κ3) is 4.21. The van der Waals surface area contributed by atoms with E-state index in [1.165, 1.54) is 6.42 Å². The molecule has 0 N–H and O–H groups in total. The van der Waals surface area contributed by atoms with Gasteiger partial charge in [0.25, 0.3) is 5.91 Å². The number of benzene rings is 1. The monoisotopic (exact) mass is 459 g/mol. The Hall–Kier alpha value is -1.19. The summed E-state index contributed by atoms with van der Waals surface area (Å²) in [7, 11) is -5.86. The standard InChI is InChI=1S/C17H18Cl2F3NO4S/c18-12-8-11(27-28(25,26)17(20,21)22)9-13(19)14(12)15(24)23-7-6-16(10-23)4-2-1-3-5-16/h8-9H,1-7,10H2. The van der Waals surface area contributed by atoms with Gasteiger partial charge < -0.3 is 9.08 Å². The predicted molar refractivity (Wildman–Crippen MR) is 98.1 cm³/mol. The van der Waals surface area contributed by atoms with Gasteiger partial charge in [-0.1, -0.05) is 42.5 Å². The summed E-state index contributed by atoms with van der Waals surface area (Å²) < 4.78 is 63.7. The van der Waals surface area contributed by atoms with Gasteiger partial charge in [0.05, 0.1) is 15.6 Å². The van der Waals surface area contributed by atoms with Crippen molar-refractivity contribution in [2.24, 2.45) is 5.41 Å². The van der Waals surface area contributed by atoms with Gasteiger partial charge in [-0.15, -0.1) is 0 Å². The first-order valence-electron chi connectivity index (χ1n) is 8.73. The molecule has 1 saturated carbocycles. The van der Waals surface area contributed by atoms with Crippen molar-refractivity contribution in [3.8, 4) is 5.75 Å². The zero-order valence-electron chi connectivity index (χ0n) is 14.7. The molecular formula is C17H18Cl2F3NO4S. The Morgan fingerprint density at radius 2 is 1.64 bits per heavy atom. The van der Waals surface area contributed by atoms with E-state index in [-0.39, 0.29) is 21.0 Å². The van der Waals surface area contributed by atoms with Crippen LogP contribution in [0.3, 0.4) is 0 Å². The molecule has 0 aromatic heterocycles. The number of carbonyl (C=O) groups is 1. The largest absolute Gasteiger partial charge is 0.534 e. The topological polar surface area (TPSA) is 63.7 Å². The number of likely N-dealkylation sites (tertiary alicyclic amines) is 1. The molecule has 0 unspecified atom stereocenters. The van der Waals surface area contributed by atoms with E-state index >= 15 is 0 Å². The molecule has 1 aliphatic heterocycles. The summed E-state index contributed by atoms with van der Waals surface area (Å²) in [6.07, 6.45) is 6.45. The molecule has 11 heteroatoms. The number of nitrogens with zero attached hydrogens (tertiary/aromatic N) is 1. The van der Waals surface area contributed by atoms with E-state index in [4.69, 9.17) is 23.2 Å². The summed E-state index contributed by atoms with van der Waals surface area (Å²) in [6.45, 7) is 1.13. The van der Waals surface area contributed by atoms with Crippen molar-refractivity contribution in [1.29, 1.82) is 0 Å². The summed E-state index contributed by atoms with van der Waals surface area (Å²) >= 11 is 12.1.